The minimum Gasteiger partial charge on any atom is -0.475 e. The molecule has 0 saturated carbocycles. The monoisotopic (exact) mass is 218 g/mol. The summed E-state index contributed by atoms with van der Waals surface area (Å²) in [5.41, 5.74) is 8.49. The van der Waals surface area contributed by atoms with Crippen LogP contribution >= 0.6 is 0 Å². The van der Waals surface area contributed by atoms with Crippen LogP contribution in [0, 0.1) is 0 Å². The van der Waals surface area contributed by atoms with Gasteiger partial charge in [-0.3, -0.25) is 0 Å². The molecule has 0 bridgehead atoms. The molecule has 0 spiro atoms. The Morgan fingerprint density at radius 1 is 1.44 bits per heavy atom. The second-order valence-electron chi connectivity index (χ2n) is 3.89. The number of H-pyrrole nitrogens is 1. The summed E-state index contributed by atoms with van der Waals surface area (Å²) in [6, 6.07) is 3.37. The molecule has 0 atom stereocenters. The molecule has 1 aliphatic rings. The quantitative estimate of drug-likeness (QED) is 0.678. The van der Waals surface area contributed by atoms with Crippen LogP contribution in [0.5, 0.6) is 0 Å². The molecule has 0 fully saturated rings. The third-order valence-corrected chi connectivity index (χ3v) is 2.83. The number of nitrogens with two attached hydrogens (primary N) is 1. The molecule has 0 unspecified atom stereocenters. The predicted molar refractivity (Wildman–Crippen MR) is 57.3 cm³/mol. The zero-order chi connectivity index (χ0) is 11.3. The maximum Gasteiger partial charge on any atom is 0.371 e. The van der Waals surface area contributed by atoms with Gasteiger partial charge in [0.15, 0.2) is 0 Å². The Hall–Kier alpha value is -2.17. The van der Waals surface area contributed by atoms with E-state index in [-0.39, 0.29) is 5.76 Å². The van der Waals surface area contributed by atoms with Gasteiger partial charge in [0.05, 0.1) is 0 Å². The van der Waals surface area contributed by atoms with Gasteiger partial charge in [0.25, 0.3) is 0 Å². The number of fused-ring (bicyclic) bond motifs is 3. The molecule has 0 amide bonds. The van der Waals surface area contributed by atoms with Gasteiger partial charge in [-0.1, -0.05) is 0 Å². The van der Waals surface area contributed by atoms with Gasteiger partial charge in [0, 0.05) is 11.3 Å². The van der Waals surface area contributed by atoms with Crippen LogP contribution in [0.15, 0.2) is 16.5 Å². The Labute approximate surface area is 90.9 Å². The van der Waals surface area contributed by atoms with Crippen molar-refractivity contribution in [2.75, 3.05) is 5.73 Å². The van der Waals surface area contributed by atoms with E-state index >= 15 is 0 Å². The number of hydrogen-bond donors (Lipinski definition) is 3. The van der Waals surface area contributed by atoms with E-state index in [0.717, 1.165) is 29.7 Å². The van der Waals surface area contributed by atoms with Crippen molar-refractivity contribution in [2.45, 2.75) is 12.8 Å². The molecule has 0 saturated heterocycles. The van der Waals surface area contributed by atoms with Crippen molar-refractivity contribution in [1.29, 1.82) is 0 Å². The minimum absolute atomic E-state index is 0.0161. The third-order valence-electron chi connectivity index (χ3n) is 2.83. The lowest BCUT2D eigenvalue weighted by Gasteiger charge is -2.09. The number of aromatic carboxylic acids is 1. The van der Waals surface area contributed by atoms with Crippen LogP contribution in [0.3, 0.4) is 0 Å². The Balaban J connectivity index is 2.19. The van der Waals surface area contributed by atoms with Crippen molar-refractivity contribution >= 4 is 11.8 Å². The Morgan fingerprint density at radius 3 is 3.00 bits per heavy atom. The van der Waals surface area contributed by atoms with E-state index in [0.29, 0.717) is 11.6 Å². The Morgan fingerprint density at radius 2 is 2.25 bits per heavy atom. The first-order valence-corrected chi connectivity index (χ1v) is 4.99. The number of hydrogen-bond acceptors (Lipinski definition) is 3. The van der Waals surface area contributed by atoms with Crippen LogP contribution in [0.2, 0.25) is 0 Å². The molecule has 1 aliphatic carbocycles. The number of aromatic amines is 1. The molecule has 3 rings (SSSR count). The van der Waals surface area contributed by atoms with Crippen LogP contribution in [-0.2, 0) is 12.8 Å². The maximum atomic E-state index is 10.8. The van der Waals surface area contributed by atoms with Crippen LogP contribution in [0.1, 0.15) is 21.8 Å². The zero-order valence-electron chi connectivity index (χ0n) is 8.41. The molecular weight excluding hydrogens is 208 g/mol. The average molecular weight is 218 g/mol. The number of anilines is 1. The standard InChI is InChI=1S/C11H10N2O3/c12-9-4-6-7(13-9)2-1-5-3-8(11(14)15)16-10(5)6/h3-4,13H,1-2,12H2,(H,14,15). The number of aryl methyl sites for hydroxylation is 2. The number of nitrogens with one attached hydrogen (secondary N) is 1. The molecule has 82 valence electrons. The summed E-state index contributed by atoms with van der Waals surface area (Å²) in [6.45, 7) is 0. The van der Waals surface area contributed by atoms with E-state index in [2.05, 4.69) is 4.98 Å². The molecule has 0 aliphatic heterocycles. The topological polar surface area (TPSA) is 92.2 Å². The van der Waals surface area contributed by atoms with Gasteiger partial charge in [-0.2, -0.15) is 0 Å². The number of aromatic nitrogens is 1. The Kier molecular flexibility index (Phi) is 1.65. The van der Waals surface area contributed by atoms with E-state index in [1.165, 1.54) is 0 Å². The third kappa shape index (κ3) is 1.14. The largest absolute Gasteiger partial charge is 0.475 e. The number of carboxylic acid groups (broad SMARTS) is 1. The second kappa shape index (κ2) is 2.91. The lowest BCUT2D eigenvalue weighted by atomic mass is 9.96. The van der Waals surface area contributed by atoms with Crippen LogP contribution in [0.4, 0.5) is 5.82 Å². The highest BCUT2D eigenvalue weighted by molar-refractivity contribution is 5.86. The summed E-state index contributed by atoms with van der Waals surface area (Å²) in [7, 11) is 0. The SMILES string of the molecule is Nc1cc2c([nH]1)CCc1cc(C(=O)O)oc1-2. The van der Waals surface area contributed by atoms with E-state index in [1.807, 2.05) is 0 Å². The lowest BCUT2D eigenvalue weighted by molar-refractivity contribution is 0.0663. The van der Waals surface area contributed by atoms with Crippen molar-refractivity contribution in [3.05, 3.63) is 29.2 Å². The zero-order valence-corrected chi connectivity index (χ0v) is 8.41. The van der Waals surface area contributed by atoms with Crippen molar-refractivity contribution < 1.29 is 14.3 Å². The number of furan rings is 1. The molecule has 2 aromatic heterocycles. The number of nitrogen functional groups attached to an aromatic ring is 1. The summed E-state index contributed by atoms with van der Waals surface area (Å²) in [5.74, 6) is 0.148. The van der Waals surface area contributed by atoms with Crippen LogP contribution in [0.25, 0.3) is 11.3 Å². The fraction of sp³-hybridized carbons (Fsp3) is 0.182. The molecule has 0 aromatic carbocycles. The molecular formula is C11H10N2O3. The molecule has 5 nitrogen and oxygen atoms in total. The first kappa shape index (κ1) is 9.08. The highest BCUT2D eigenvalue weighted by Gasteiger charge is 2.24. The molecule has 5 heteroatoms. The Bertz CT molecular complexity index is 580. The minimum atomic E-state index is -1.04. The van der Waals surface area contributed by atoms with Gasteiger partial charge in [-0.15, -0.1) is 0 Å². The fourth-order valence-electron chi connectivity index (χ4n) is 2.13. The van der Waals surface area contributed by atoms with Gasteiger partial charge in [-0.05, 0) is 30.5 Å². The van der Waals surface area contributed by atoms with Crippen molar-refractivity contribution in [3.8, 4) is 11.3 Å². The molecule has 16 heavy (non-hydrogen) atoms. The van der Waals surface area contributed by atoms with Gasteiger partial charge in [0.1, 0.15) is 11.6 Å². The summed E-state index contributed by atoms with van der Waals surface area (Å²) in [6.07, 6.45) is 1.61. The van der Waals surface area contributed by atoms with Crippen LogP contribution < -0.4 is 5.73 Å². The van der Waals surface area contributed by atoms with Crippen molar-refractivity contribution in [2.24, 2.45) is 0 Å². The molecule has 0 radical (unpaired) electrons. The summed E-state index contributed by atoms with van der Waals surface area (Å²) >= 11 is 0. The first-order valence-electron chi connectivity index (χ1n) is 4.99. The highest BCUT2D eigenvalue weighted by atomic mass is 16.4. The van der Waals surface area contributed by atoms with E-state index in [9.17, 15) is 4.79 Å². The van der Waals surface area contributed by atoms with Crippen molar-refractivity contribution in [1.82, 2.24) is 4.98 Å². The second-order valence-corrected chi connectivity index (χ2v) is 3.89. The normalized spacial score (nSPS) is 13.2. The van der Waals surface area contributed by atoms with E-state index < -0.39 is 5.97 Å². The van der Waals surface area contributed by atoms with E-state index in [4.69, 9.17) is 15.3 Å². The van der Waals surface area contributed by atoms with Crippen molar-refractivity contribution in [3.63, 3.8) is 0 Å². The number of carbonyl (C=O) groups is 1. The highest BCUT2D eigenvalue weighted by Crippen LogP contribution is 2.36. The van der Waals surface area contributed by atoms with Gasteiger partial charge < -0.3 is 20.2 Å². The molecule has 2 heterocycles. The lowest BCUT2D eigenvalue weighted by Crippen LogP contribution is -1.99. The van der Waals surface area contributed by atoms with Gasteiger partial charge in [0.2, 0.25) is 5.76 Å². The number of carboxylic acids is 1. The summed E-state index contributed by atoms with van der Waals surface area (Å²) in [5, 5.41) is 8.86. The number of rotatable bonds is 1. The average Bonchev–Trinajstić information content (AvgIpc) is 2.77. The van der Waals surface area contributed by atoms with Crippen LogP contribution in [-0.4, -0.2) is 16.1 Å². The predicted octanol–water partition coefficient (Wildman–Crippen LogP) is 1.65. The van der Waals surface area contributed by atoms with Gasteiger partial charge in [-0.25, -0.2) is 4.79 Å². The smallest absolute Gasteiger partial charge is 0.371 e. The summed E-state index contributed by atoms with van der Waals surface area (Å²) in [4.78, 5) is 13.9. The maximum absolute atomic E-state index is 10.8. The first-order chi connectivity index (χ1) is 7.65. The van der Waals surface area contributed by atoms with Gasteiger partial charge >= 0.3 is 5.97 Å². The molecule has 2 aromatic rings. The fourth-order valence-corrected chi connectivity index (χ4v) is 2.13. The molecule has 4 N–H and O–H groups in total. The summed E-state index contributed by atoms with van der Waals surface area (Å²) < 4.78 is 5.33. The van der Waals surface area contributed by atoms with E-state index in [1.54, 1.807) is 12.1 Å².